The van der Waals surface area contributed by atoms with Crippen LogP contribution in [0.1, 0.15) is 72.8 Å². The molecule has 0 amide bonds. The van der Waals surface area contributed by atoms with Gasteiger partial charge in [-0.15, -0.1) is 0 Å². The zero-order valence-corrected chi connectivity index (χ0v) is 20.6. The highest BCUT2D eigenvalue weighted by molar-refractivity contribution is 6.77. The van der Waals surface area contributed by atoms with Crippen LogP contribution in [0.3, 0.4) is 0 Å². The van der Waals surface area contributed by atoms with Crippen molar-refractivity contribution in [3.8, 4) is 5.75 Å². The summed E-state index contributed by atoms with van der Waals surface area (Å²) >= 11 is 0. The summed E-state index contributed by atoms with van der Waals surface area (Å²) < 4.78 is 17.8. The van der Waals surface area contributed by atoms with Gasteiger partial charge in [0.15, 0.2) is 8.32 Å². The first-order valence-corrected chi connectivity index (χ1v) is 13.2. The first kappa shape index (κ1) is 25.9. The van der Waals surface area contributed by atoms with E-state index in [0.29, 0.717) is 29.7 Å². The fourth-order valence-corrected chi connectivity index (χ4v) is 10.0. The number of rotatable bonds is 15. The second-order valence-electron chi connectivity index (χ2n) is 8.85. The van der Waals surface area contributed by atoms with E-state index in [-0.39, 0.29) is 6.10 Å². The maximum atomic E-state index is 11.0. The van der Waals surface area contributed by atoms with Crippen molar-refractivity contribution in [2.75, 3.05) is 13.7 Å². The molecule has 0 aliphatic carbocycles. The Morgan fingerprint density at radius 2 is 1.52 bits per heavy atom. The van der Waals surface area contributed by atoms with Gasteiger partial charge in [-0.2, -0.15) is 0 Å². The van der Waals surface area contributed by atoms with Crippen molar-refractivity contribution in [1.82, 2.24) is 0 Å². The van der Waals surface area contributed by atoms with Crippen molar-refractivity contribution in [2.24, 2.45) is 0 Å². The topological polar surface area (TPSA) is 44.8 Å². The van der Waals surface area contributed by atoms with Crippen LogP contribution in [0.15, 0.2) is 24.3 Å². The van der Waals surface area contributed by atoms with Crippen molar-refractivity contribution in [3.05, 3.63) is 29.8 Å². The Kier molecular flexibility index (Phi) is 11.8. The zero-order chi connectivity index (χ0) is 21.9. The fraction of sp³-hybridized carbons (Fsp3) is 0.708. The number of benzene rings is 1. The summed E-state index contributed by atoms with van der Waals surface area (Å²) in [7, 11) is -0.127. The van der Waals surface area contributed by atoms with Gasteiger partial charge in [0, 0.05) is 13.0 Å². The van der Waals surface area contributed by atoms with Gasteiger partial charge in [-0.1, -0.05) is 53.7 Å². The van der Waals surface area contributed by atoms with Crippen LogP contribution >= 0.6 is 0 Å². The molecule has 1 aromatic rings. The lowest BCUT2D eigenvalue weighted by atomic mass is 10.1. The highest BCUT2D eigenvalue weighted by atomic mass is 28.4. The van der Waals surface area contributed by atoms with E-state index in [0.717, 1.165) is 43.5 Å². The van der Waals surface area contributed by atoms with E-state index in [1.165, 1.54) is 0 Å². The van der Waals surface area contributed by atoms with Crippen LogP contribution < -0.4 is 4.74 Å². The lowest BCUT2D eigenvalue weighted by molar-refractivity contribution is -0.110. The van der Waals surface area contributed by atoms with Crippen LogP contribution in [0.25, 0.3) is 0 Å². The number of hydrogen-bond acceptors (Lipinski definition) is 4. The largest absolute Gasteiger partial charge is 0.497 e. The molecule has 1 aromatic carbocycles. The molecule has 0 spiro atoms. The monoisotopic (exact) mass is 422 g/mol. The van der Waals surface area contributed by atoms with Gasteiger partial charge >= 0.3 is 0 Å². The van der Waals surface area contributed by atoms with Crippen molar-refractivity contribution in [1.29, 1.82) is 0 Å². The maximum Gasteiger partial charge on any atom is 0.200 e. The summed E-state index contributed by atoms with van der Waals surface area (Å²) in [6.45, 7) is 15.2. The number of aldehydes is 1. The Balaban J connectivity index is 2.46. The highest BCUT2D eigenvalue weighted by Crippen LogP contribution is 2.42. The van der Waals surface area contributed by atoms with Crippen LogP contribution in [0.2, 0.25) is 16.6 Å². The molecule has 1 rings (SSSR count). The Morgan fingerprint density at radius 3 is 2.00 bits per heavy atom. The molecule has 5 heteroatoms. The van der Waals surface area contributed by atoms with Crippen LogP contribution in [0.4, 0.5) is 0 Å². The zero-order valence-electron chi connectivity index (χ0n) is 19.6. The third-order valence-electron chi connectivity index (χ3n) is 5.98. The van der Waals surface area contributed by atoms with Crippen LogP contribution in [0, 0.1) is 0 Å². The molecule has 0 saturated carbocycles. The molecule has 0 unspecified atom stereocenters. The van der Waals surface area contributed by atoms with Crippen LogP contribution in [0.5, 0.6) is 5.75 Å². The van der Waals surface area contributed by atoms with E-state index in [2.05, 4.69) is 41.5 Å². The average Bonchev–Trinajstić information content (AvgIpc) is 2.68. The van der Waals surface area contributed by atoms with Gasteiger partial charge in [-0.25, -0.2) is 0 Å². The number of unbranched alkanes of at least 4 members (excludes halogenated alkanes) is 1. The molecule has 166 valence electrons. The third kappa shape index (κ3) is 7.87. The summed E-state index contributed by atoms with van der Waals surface area (Å²) in [5.41, 5.74) is 2.92. The third-order valence-corrected chi connectivity index (χ3v) is 12.1. The molecule has 1 atom stereocenters. The van der Waals surface area contributed by atoms with E-state index in [4.69, 9.17) is 13.9 Å². The molecule has 0 bridgehead atoms. The number of hydrogen-bond donors (Lipinski definition) is 0. The van der Waals surface area contributed by atoms with E-state index in [1.54, 1.807) is 7.11 Å². The molecular weight excluding hydrogens is 380 g/mol. The van der Waals surface area contributed by atoms with E-state index in [1.807, 2.05) is 24.3 Å². The Hall–Kier alpha value is -1.17. The summed E-state index contributed by atoms with van der Waals surface area (Å²) in [4.78, 5) is 11.0. The van der Waals surface area contributed by atoms with Gasteiger partial charge in [0.1, 0.15) is 12.0 Å². The minimum Gasteiger partial charge on any atom is -0.497 e. The minimum atomic E-state index is -1.78. The van der Waals surface area contributed by atoms with Crippen molar-refractivity contribution >= 4 is 14.6 Å². The molecule has 0 fully saturated rings. The van der Waals surface area contributed by atoms with E-state index < -0.39 is 8.32 Å². The average molecular weight is 423 g/mol. The van der Waals surface area contributed by atoms with Gasteiger partial charge in [0.05, 0.1) is 19.8 Å². The fourth-order valence-electron chi connectivity index (χ4n) is 4.54. The molecular formula is C24H42O4Si. The number of methoxy groups -OCH3 is 1. The molecule has 0 radical (unpaired) electrons. The Bertz CT molecular complexity index is 547. The first-order chi connectivity index (χ1) is 13.8. The SMILES string of the molecule is COc1ccc(CO[C@@H](CC=O)CCCCO[Si](C(C)C)(C(C)C)C(C)C)cc1. The quantitative estimate of drug-likeness (QED) is 0.183. The second kappa shape index (κ2) is 13.2. The molecule has 29 heavy (non-hydrogen) atoms. The molecule has 0 heterocycles. The highest BCUT2D eigenvalue weighted by Gasteiger charge is 2.44. The molecule has 0 aromatic heterocycles. The van der Waals surface area contributed by atoms with E-state index >= 15 is 0 Å². The van der Waals surface area contributed by atoms with Gasteiger partial charge < -0.3 is 18.7 Å². The second-order valence-corrected chi connectivity index (χ2v) is 14.3. The number of carbonyl (C=O) groups is 1. The van der Waals surface area contributed by atoms with E-state index in [9.17, 15) is 4.79 Å². The normalized spacial score (nSPS) is 13.3. The Morgan fingerprint density at radius 1 is 0.931 bits per heavy atom. The predicted molar refractivity (Wildman–Crippen MR) is 123 cm³/mol. The summed E-state index contributed by atoms with van der Waals surface area (Å²) in [6, 6.07) is 7.86. The van der Waals surface area contributed by atoms with Crippen LogP contribution in [-0.4, -0.2) is 34.4 Å². The minimum absolute atomic E-state index is 0.0306. The maximum absolute atomic E-state index is 11.0. The molecule has 0 aliphatic heterocycles. The smallest absolute Gasteiger partial charge is 0.200 e. The predicted octanol–water partition coefficient (Wildman–Crippen LogP) is 6.53. The van der Waals surface area contributed by atoms with Crippen LogP contribution in [-0.2, 0) is 20.6 Å². The van der Waals surface area contributed by atoms with Crippen molar-refractivity contribution < 1.29 is 18.7 Å². The molecule has 0 aliphatic rings. The molecule has 4 nitrogen and oxygen atoms in total. The number of ether oxygens (including phenoxy) is 2. The Labute approximate surface area is 179 Å². The first-order valence-electron chi connectivity index (χ1n) is 11.1. The van der Waals surface area contributed by atoms with Crippen molar-refractivity contribution in [2.45, 2.75) is 96.6 Å². The van der Waals surface area contributed by atoms with Gasteiger partial charge in [-0.05, 0) is 53.6 Å². The van der Waals surface area contributed by atoms with Gasteiger partial charge in [0.25, 0.3) is 0 Å². The lowest BCUT2D eigenvalue weighted by Gasteiger charge is -2.42. The molecule has 0 N–H and O–H groups in total. The van der Waals surface area contributed by atoms with Gasteiger partial charge in [0.2, 0.25) is 0 Å². The summed E-state index contributed by atoms with van der Waals surface area (Å²) in [6.07, 6.45) is 4.29. The standard InChI is InChI=1S/C24H42O4Si/c1-19(2)29(20(3)4,21(5)6)28-17-9-8-10-24(15-16-25)27-18-22-11-13-23(26-7)14-12-22/h11-14,16,19-21,24H,8-10,15,17-18H2,1-7H3/t24-/m1/s1. The number of carbonyl (C=O) groups excluding carboxylic acids is 1. The lowest BCUT2D eigenvalue weighted by Crippen LogP contribution is -2.47. The van der Waals surface area contributed by atoms with Gasteiger partial charge in [-0.3, -0.25) is 0 Å². The van der Waals surface area contributed by atoms with Crippen molar-refractivity contribution in [3.63, 3.8) is 0 Å². The summed E-state index contributed by atoms with van der Waals surface area (Å²) in [5.74, 6) is 0.835. The molecule has 0 saturated heterocycles. The summed E-state index contributed by atoms with van der Waals surface area (Å²) in [5, 5.41) is 0.